The molecule has 2 aromatic heterocycles. The Balaban J connectivity index is 2.29. The number of halogens is 1. The number of aromatic nitrogens is 2. The van der Waals surface area contributed by atoms with Crippen LogP contribution in [0.3, 0.4) is 0 Å². The van der Waals surface area contributed by atoms with Gasteiger partial charge >= 0.3 is 0 Å². The van der Waals surface area contributed by atoms with Crippen LogP contribution in [-0.2, 0) is 6.42 Å². The van der Waals surface area contributed by atoms with Crippen molar-refractivity contribution in [3.8, 4) is 0 Å². The molecule has 2 aromatic rings. The van der Waals surface area contributed by atoms with E-state index in [9.17, 15) is 0 Å². The van der Waals surface area contributed by atoms with Gasteiger partial charge in [-0.3, -0.25) is 9.97 Å². The SMILES string of the molecule is CCNC(Cc1ccncc1Cl)c1ncc(C)cc1C. The van der Waals surface area contributed by atoms with Gasteiger partial charge in [0.2, 0.25) is 0 Å². The van der Waals surface area contributed by atoms with E-state index < -0.39 is 0 Å². The van der Waals surface area contributed by atoms with Crippen molar-refractivity contribution in [2.75, 3.05) is 6.54 Å². The predicted octanol–water partition coefficient (Wildman–Crippen LogP) is 3.64. The first-order chi connectivity index (χ1) is 9.61. The smallest absolute Gasteiger partial charge is 0.0622 e. The van der Waals surface area contributed by atoms with Gasteiger partial charge in [0.1, 0.15) is 0 Å². The third kappa shape index (κ3) is 3.56. The van der Waals surface area contributed by atoms with Crippen LogP contribution in [0.4, 0.5) is 0 Å². The van der Waals surface area contributed by atoms with Crippen molar-refractivity contribution in [1.29, 1.82) is 0 Å². The van der Waals surface area contributed by atoms with Gasteiger partial charge in [0.15, 0.2) is 0 Å². The lowest BCUT2D eigenvalue weighted by molar-refractivity contribution is 0.533. The van der Waals surface area contributed by atoms with Crippen LogP contribution in [0, 0.1) is 13.8 Å². The number of likely N-dealkylation sites (N-methyl/N-ethyl adjacent to an activating group) is 1. The highest BCUT2D eigenvalue weighted by atomic mass is 35.5. The second-order valence-corrected chi connectivity index (χ2v) is 5.40. The quantitative estimate of drug-likeness (QED) is 0.913. The van der Waals surface area contributed by atoms with Crippen LogP contribution >= 0.6 is 11.6 Å². The molecule has 1 atom stereocenters. The first-order valence-corrected chi connectivity index (χ1v) is 7.24. The molecule has 3 nitrogen and oxygen atoms in total. The molecule has 0 fully saturated rings. The van der Waals surface area contributed by atoms with Crippen molar-refractivity contribution in [3.63, 3.8) is 0 Å². The van der Waals surface area contributed by atoms with Crippen LogP contribution < -0.4 is 5.32 Å². The molecule has 0 amide bonds. The maximum absolute atomic E-state index is 6.21. The van der Waals surface area contributed by atoms with Gasteiger partial charge in [-0.05, 0) is 49.6 Å². The lowest BCUT2D eigenvalue weighted by Crippen LogP contribution is -2.25. The molecule has 0 bridgehead atoms. The van der Waals surface area contributed by atoms with Gasteiger partial charge in [-0.2, -0.15) is 0 Å². The zero-order chi connectivity index (χ0) is 14.5. The molecule has 0 spiro atoms. The monoisotopic (exact) mass is 289 g/mol. The molecule has 20 heavy (non-hydrogen) atoms. The van der Waals surface area contributed by atoms with Crippen molar-refractivity contribution in [2.24, 2.45) is 0 Å². The molecule has 4 heteroatoms. The predicted molar refractivity (Wildman–Crippen MR) is 83.1 cm³/mol. The standard InChI is InChI=1S/C16H20ClN3/c1-4-19-15(8-13-5-6-18-10-14(13)17)16-12(3)7-11(2)9-20-16/h5-7,9-10,15,19H,4,8H2,1-3H3. The van der Waals surface area contributed by atoms with Gasteiger partial charge < -0.3 is 5.32 Å². The number of nitrogens with one attached hydrogen (secondary N) is 1. The average molecular weight is 290 g/mol. The van der Waals surface area contributed by atoms with E-state index in [1.165, 1.54) is 11.1 Å². The molecule has 1 N–H and O–H groups in total. The highest BCUT2D eigenvalue weighted by molar-refractivity contribution is 6.31. The highest BCUT2D eigenvalue weighted by Gasteiger charge is 2.16. The molecule has 2 rings (SSSR count). The topological polar surface area (TPSA) is 37.8 Å². The van der Waals surface area contributed by atoms with Crippen LogP contribution in [0.15, 0.2) is 30.7 Å². The highest BCUT2D eigenvalue weighted by Crippen LogP contribution is 2.24. The van der Waals surface area contributed by atoms with E-state index in [1.54, 1.807) is 12.4 Å². The Labute approximate surface area is 125 Å². The molecule has 0 saturated carbocycles. The number of nitrogens with zero attached hydrogens (tertiary/aromatic N) is 2. The molecule has 0 aliphatic carbocycles. The number of aryl methyl sites for hydroxylation is 2. The van der Waals surface area contributed by atoms with E-state index in [2.05, 4.69) is 42.1 Å². The van der Waals surface area contributed by atoms with E-state index in [0.717, 1.165) is 24.2 Å². The average Bonchev–Trinajstić information content (AvgIpc) is 2.41. The van der Waals surface area contributed by atoms with Gasteiger partial charge in [-0.1, -0.05) is 24.6 Å². The summed E-state index contributed by atoms with van der Waals surface area (Å²) in [5, 5.41) is 4.20. The van der Waals surface area contributed by atoms with Gasteiger partial charge in [0, 0.05) is 18.6 Å². The maximum atomic E-state index is 6.21. The van der Waals surface area contributed by atoms with Crippen molar-refractivity contribution in [1.82, 2.24) is 15.3 Å². The normalized spacial score (nSPS) is 12.4. The molecule has 0 aromatic carbocycles. The van der Waals surface area contributed by atoms with E-state index in [-0.39, 0.29) is 6.04 Å². The minimum Gasteiger partial charge on any atom is -0.309 e. The fraction of sp³-hybridized carbons (Fsp3) is 0.375. The summed E-state index contributed by atoms with van der Waals surface area (Å²) in [4.78, 5) is 8.63. The number of hydrogen-bond donors (Lipinski definition) is 1. The Morgan fingerprint density at radius 2 is 2.10 bits per heavy atom. The summed E-state index contributed by atoms with van der Waals surface area (Å²) >= 11 is 6.21. The largest absolute Gasteiger partial charge is 0.309 e. The van der Waals surface area contributed by atoms with Crippen molar-refractivity contribution in [3.05, 3.63) is 58.1 Å². The fourth-order valence-electron chi connectivity index (χ4n) is 2.39. The Bertz CT molecular complexity index is 584. The molecule has 1 unspecified atom stereocenters. The van der Waals surface area contributed by atoms with Gasteiger partial charge in [0.05, 0.1) is 16.8 Å². The molecule has 0 saturated heterocycles. The molecule has 0 aliphatic heterocycles. The Hall–Kier alpha value is -1.45. The number of pyridine rings is 2. The van der Waals surface area contributed by atoms with Gasteiger partial charge in [-0.25, -0.2) is 0 Å². The minimum atomic E-state index is 0.167. The zero-order valence-electron chi connectivity index (χ0n) is 12.2. The zero-order valence-corrected chi connectivity index (χ0v) is 12.9. The minimum absolute atomic E-state index is 0.167. The summed E-state index contributed by atoms with van der Waals surface area (Å²) in [6.45, 7) is 7.16. The summed E-state index contributed by atoms with van der Waals surface area (Å²) in [5.41, 5.74) is 4.57. The number of hydrogen-bond acceptors (Lipinski definition) is 3. The number of rotatable bonds is 5. The molecule has 2 heterocycles. The lowest BCUT2D eigenvalue weighted by atomic mass is 10.00. The maximum Gasteiger partial charge on any atom is 0.0622 e. The van der Waals surface area contributed by atoms with Crippen molar-refractivity contribution >= 4 is 11.6 Å². The summed E-state index contributed by atoms with van der Waals surface area (Å²) in [6.07, 6.45) is 6.20. The third-order valence-electron chi connectivity index (χ3n) is 3.32. The van der Waals surface area contributed by atoms with Crippen molar-refractivity contribution in [2.45, 2.75) is 33.2 Å². The van der Waals surface area contributed by atoms with Crippen LogP contribution in [-0.4, -0.2) is 16.5 Å². The summed E-state index contributed by atoms with van der Waals surface area (Å²) in [6, 6.07) is 4.30. The molecular formula is C16H20ClN3. The second kappa shape index (κ2) is 6.82. The Morgan fingerprint density at radius 3 is 2.75 bits per heavy atom. The summed E-state index contributed by atoms with van der Waals surface area (Å²) < 4.78 is 0. The first kappa shape index (κ1) is 14.9. The van der Waals surface area contributed by atoms with Crippen molar-refractivity contribution < 1.29 is 0 Å². The Morgan fingerprint density at radius 1 is 1.30 bits per heavy atom. The van der Waals surface area contributed by atoms with Crippen LogP contribution in [0.25, 0.3) is 0 Å². The van der Waals surface area contributed by atoms with Crippen LogP contribution in [0.2, 0.25) is 5.02 Å². The molecule has 0 radical (unpaired) electrons. The van der Waals surface area contributed by atoms with Crippen LogP contribution in [0.1, 0.15) is 35.3 Å². The van der Waals surface area contributed by atoms with E-state index >= 15 is 0 Å². The van der Waals surface area contributed by atoms with E-state index in [1.807, 2.05) is 12.3 Å². The third-order valence-corrected chi connectivity index (χ3v) is 3.66. The van der Waals surface area contributed by atoms with Gasteiger partial charge in [0.25, 0.3) is 0 Å². The first-order valence-electron chi connectivity index (χ1n) is 6.86. The summed E-state index contributed by atoms with van der Waals surface area (Å²) in [5.74, 6) is 0. The molecular weight excluding hydrogens is 270 g/mol. The molecule has 106 valence electrons. The fourth-order valence-corrected chi connectivity index (χ4v) is 2.59. The second-order valence-electron chi connectivity index (χ2n) is 5.00. The van der Waals surface area contributed by atoms with E-state index in [0.29, 0.717) is 5.02 Å². The van der Waals surface area contributed by atoms with E-state index in [4.69, 9.17) is 11.6 Å². The lowest BCUT2D eigenvalue weighted by Gasteiger charge is -2.20. The molecule has 0 aliphatic rings. The van der Waals surface area contributed by atoms with Crippen LogP contribution in [0.5, 0.6) is 0 Å². The van der Waals surface area contributed by atoms with Gasteiger partial charge in [-0.15, -0.1) is 0 Å². The summed E-state index contributed by atoms with van der Waals surface area (Å²) in [7, 11) is 0. The Kier molecular flexibility index (Phi) is 5.10.